The summed E-state index contributed by atoms with van der Waals surface area (Å²) < 4.78 is 24.0. The largest absolute Gasteiger partial charge is 0.307 e. The number of hydrogen-bond acceptors (Lipinski definition) is 4. The molecule has 0 radical (unpaired) electrons. The van der Waals surface area contributed by atoms with Gasteiger partial charge in [0, 0.05) is 11.7 Å². The second kappa shape index (κ2) is 8.90. The van der Waals surface area contributed by atoms with Crippen molar-refractivity contribution >= 4 is 21.4 Å². The maximum Gasteiger partial charge on any atom is 0.241 e. The summed E-state index contributed by atoms with van der Waals surface area (Å²) in [6.07, 6.45) is 5.29. The fourth-order valence-electron chi connectivity index (χ4n) is 4.59. The second-order valence-corrected chi connectivity index (χ2v) is 10.7. The van der Waals surface area contributed by atoms with Crippen LogP contribution in [0, 0.1) is 0 Å². The fraction of sp³-hybridized carbons (Fsp3) is 0.458. The van der Waals surface area contributed by atoms with Gasteiger partial charge >= 0.3 is 0 Å². The van der Waals surface area contributed by atoms with E-state index in [1.54, 1.807) is 4.90 Å². The molecule has 1 aliphatic heterocycles. The lowest BCUT2D eigenvalue weighted by Gasteiger charge is -2.29. The van der Waals surface area contributed by atoms with E-state index < -0.39 is 9.84 Å². The number of anilines is 1. The van der Waals surface area contributed by atoms with Crippen LogP contribution in [0.1, 0.15) is 48.9 Å². The predicted molar refractivity (Wildman–Crippen MR) is 120 cm³/mol. The quantitative estimate of drug-likeness (QED) is 0.768. The number of benzene rings is 2. The summed E-state index contributed by atoms with van der Waals surface area (Å²) in [5.74, 6) is 0.0921. The summed E-state index contributed by atoms with van der Waals surface area (Å²) >= 11 is 0. The number of hydrogen-bond donors (Lipinski definition) is 1. The van der Waals surface area contributed by atoms with Gasteiger partial charge in [-0.2, -0.15) is 0 Å². The number of sulfone groups is 1. The molecule has 2 aromatic carbocycles. The molecule has 4 rings (SSSR count). The van der Waals surface area contributed by atoms with Crippen molar-refractivity contribution in [3.05, 3.63) is 65.2 Å². The van der Waals surface area contributed by atoms with Crippen LogP contribution in [0.15, 0.2) is 48.5 Å². The first-order chi connectivity index (χ1) is 14.4. The molecule has 1 N–H and O–H groups in total. The molecular weight excluding hydrogens is 396 g/mol. The van der Waals surface area contributed by atoms with E-state index in [-0.39, 0.29) is 36.0 Å². The average Bonchev–Trinajstić information content (AvgIpc) is 3.11. The Bertz CT molecular complexity index is 1000. The molecule has 0 saturated carbocycles. The van der Waals surface area contributed by atoms with Gasteiger partial charge in [-0.15, -0.1) is 0 Å². The van der Waals surface area contributed by atoms with Crippen LogP contribution in [0.5, 0.6) is 0 Å². The zero-order chi connectivity index (χ0) is 21.1. The molecule has 2 aliphatic rings. The number of rotatable bonds is 6. The maximum atomic E-state index is 13.2. The van der Waals surface area contributed by atoms with E-state index >= 15 is 0 Å². The van der Waals surface area contributed by atoms with Crippen LogP contribution in [0.2, 0.25) is 0 Å². The first-order valence-corrected chi connectivity index (χ1v) is 12.7. The molecule has 0 spiro atoms. The van der Waals surface area contributed by atoms with Crippen LogP contribution >= 0.6 is 0 Å². The van der Waals surface area contributed by atoms with Crippen molar-refractivity contribution in [2.75, 3.05) is 23.0 Å². The Morgan fingerprint density at radius 2 is 1.83 bits per heavy atom. The number of nitrogens with zero attached hydrogens (tertiary/aromatic N) is 1. The van der Waals surface area contributed by atoms with E-state index in [1.807, 2.05) is 30.3 Å². The molecule has 2 atom stereocenters. The van der Waals surface area contributed by atoms with Gasteiger partial charge < -0.3 is 10.2 Å². The molecule has 1 aliphatic carbocycles. The summed E-state index contributed by atoms with van der Waals surface area (Å²) in [6.45, 7) is 2.24. The van der Waals surface area contributed by atoms with Gasteiger partial charge in [-0.1, -0.05) is 36.4 Å². The molecule has 0 unspecified atom stereocenters. The monoisotopic (exact) mass is 426 g/mol. The Balaban J connectivity index is 1.46. The number of carbonyl (C=O) groups excluding carboxylic acids is 1. The molecule has 2 aromatic rings. The van der Waals surface area contributed by atoms with Crippen molar-refractivity contribution < 1.29 is 13.2 Å². The fourth-order valence-corrected chi connectivity index (χ4v) is 6.29. The Labute approximate surface area is 179 Å². The first-order valence-electron chi connectivity index (χ1n) is 10.9. The SMILES string of the molecule is C[C@@H](NCC(=O)N(c1ccccc1)[C@@H]1CCS(=O)(=O)C1)c1ccc2c(c1)CCCC2. The Kier molecular flexibility index (Phi) is 6.25. The van der Waals surface area contributed by atoms with Crippen molar-refractivity contribution in [2.24, 2.45) is 0 Å². The lowest BCUT2D eigenvalue weighted by Crippen LogP contribution is -2.46. The molecule has 160 valence electrons. The van der Waals surface area contributed by atoms with Crippen molar-refractivity contribution in [1.29, 1.82) is 0 Å². The molecule has 0 aromatic heterocycles. The van der Waals surface area contributed by atoms with Gasteiger partial charge in [0.25, 0.3) is 0 Å². The van der Waals surface area contributed by atoms with E-state index in [9.17, 15) is 13.2 Å². The van der Waals surface area contributed by atoms with E-state index in [0.29, 0.717) is 6.42 Å². The highest BCUT2D eigenvalue weighted by atomic mass is 32.2. The average molecular weight is 427 g/mol. The number of aryl methyl sites for hydroxylation is 2. The van der Waals surface area contributed by atoms with Gasteiger partial charge in [-0.05, 0) is 67.9 Å². The zero-order valence-electron chi connectivity index (χ0n) is 17.5. The minimum absolute atomic E-state index is 0.0357. The molecule has 1 amide bonds. The summed E-state index contributed by atoms with van der Waals surface area (Å²) in [6, 6.07) is 15.8. The van der Waals surface area contributed by atoms with Gasteiger partial charge in [0.2, 0.25) is 5.91 Å². The Hall–Kier alpha value is -2.18. The van der Waals surface area contributed by atoms with E-state index in [4.69, 9.17) is 0 Å². The highest BCUT2D eigenvalue weighted by Crippen LogP contribution is 2.26. The predicted octanol–water partition coefficient (Wildman–Crippen LogP) is 3.44. The highest BCUT2D eigenvalue weighted by molar-refractivity contribution is 7.91. The van der Waals surface area contributed by atoms with Gasteiger partial charge in [-0.25, -0.2) is 8.42 Å². The molecule has 1 heterocycles. The molecule has 6 heteroatoms. The van der Waals surface area contributed by atoms with Crippen molar-refractivity contribution in [3.8, 4) is 0 Å². The van der Waals surface area contributed by atoms with Crippen LogP contribution in [0.25, 0.3) is 0 Å². The lowest BCUT2D eigenvalue weighted by atomic mass is 9.89. The number of fused-ring (bicyclic) bond motifs is 1. The van der Waals surface area contributed by atoms with Gasteiger partial charge in [0.1, 0.15) is 0 Å². The molecule has 0 bridgehead atoms. The summed E-state index contributed by atoms with van der Waals surface area (Å²) in [7, 11) is -3.08. The highest BCUT2D eigenvalue weighted by Gasteiger charge is 2.35. The van der Waals surface area contributed by atoms with Gasteiger partial charge in [0.05, 0.1) is 24.1 Å². The molecule has 1 saturated heterocycles. The summed E-state index contributed by atoms with van der Waals surface area (Å²) in [4.78, 5) is 14.9. The second-order valence-electron chi connectivity index (χ2n) is 8.49. The van der Waals surface area contributed by atoms with Gasteiger partial charge in [-0.3, -0.25) is 4.79 Å². The lowest BCUT2D eigenvalue weighted by molar-refractivity contribution is -0.118. The van der Waals surface area contributed by atoms with Crippen molar-refractivity contribution in [3.63, 3.8) is 0 Å². The van der Waals surface area contributed by atoms with Crippen LogP contribution < -0.4 is 10.2 Å². The molecule has 5 nitrogen and oxygen atoms in total. The molecular formula is C24H30N2O3S. The first kappa shape index (κ1) is 21.1. The topological polar surface area (TPSA) is 66.5 Å². The minimum atomic E-state index is -3.08. The molecule has 30 heavy (non-hydrogen) atoms. The number of nitrogens with one attached hydrogen (secondary N) is 1. The third kappa shape index (κ3) is 4.76. The number of para-hydroxylation sites is 1. The Morgan fingerprint density at radius 3 is 2.53 bits per heavy atom. The zero-order valence-corrected chi connectivity index (χ0v) is 18.3. The minimum Gasteiger partial charge on any atom is -0.307 e. The van der Waals surface area contributed by atoms with Crippen molar-refractivity contribution in [1.82, 2.24) is 5.32 Å². The van der Waals surface area contributed by atoms with Crippen LogP contribution in [0.3, 0.4) is 0 Å². The number of carbonyl (C=O) groups is 1. The third-order valence-corrected chi connectivity index (χ3v) is 8.06. The summed E-state index contributed by atoms with van der Waals surface area (Å²) in [5.41, 5.74) is 4.83. The number of amides is 1. The maximum absolute atomic E-state index is 13.2. The Morgan fingerprint density at radius 1 is 1.10 bits per heavy atom. The van der Waals surface area contributed by atoms with Crippen molar-refractivity contribution in [2.45, 2.75) is 51.1 Å². The van der Waals surface area contributed by atoms with Crippen LogP contribution in [-0.4, -0.2) is 38.4 Å². The van der Waals surface area contributed by atoms with E-state index in [0.717, 1.165) is 18.5 Å². The van der Waals surface area contributed by atoms with E-state index in [1.165, 1.54) is 29.5 Å². The smallest absolute Gasteiger partial charge is 0.241 e. The molecule has 1 fully saturated rings. The third-order valence-electron chi connectivity index (χ3n) is 6.31. The standard InChI is InChI=1S/C24H30N2O3S/c1-18(20-12-11-19-7-5-6-8-21(19)15-20)25-16-24(27)26(22-9-3-2-4-10-22)23-13-14-30(28,29)17-23/h2-4,9-12,15,18,23,25H,5-8,13-14,16-17H2,1H3/t18-,23-/m1/s1. The normalized spacial score (nSPS) is 21.0. The van der Waals surface area contributed by atoms with Crippen LogP contribution in [-0.2, 0) is 27.5 Å². The van der Waals surface area contributed by atoms with Gasteiger partial charge in [0.15, 0.2) is 9.84 Å². The summed E-state index contributed by atoms with van der Waals surface area (Å²) in [5, 5.41) is 3.36. The van der Waals surface area contributed by atoms with Crippen LogP contribution in [0.4, 0.5) is 5.69 Å². The van der Waals surface area contributed by atoms with E-state index in [2.05, 4.69) is 30.4 Å².